The number of halogens is 2. The average molecular weight is 447 g/mol. The molecule has 0 saturated carbocycles. The first kappa shape index (κ1) is 22.3. The molecule has 0 fully saturated rings. The molecule has 0 atom stereocenters. The number of carbonyl (C=O) groups is 2. The van der Waals surface area contributed by atoms with Gasteiger partial charge in [-0.05, 0) is 56.5 Å². The molecule has 0 radical (unpaired) electrons. The van der Waals surface area contributed by atoms with E-state index in [1.54, 1.807) is 18.2 Å². The Morgan fingerprint density at radius 2 is 1.83 bits per heavy atom. The largest absolute Gasteiger partial charge is 0.382 e. The first-order valence-corrected chi connectivity index (χ1v) is 10.6. The van der Waals surface area contributed by atoms with Crippen molar-refractivity contribution in [2.24, 2.45) is 0 Å². The molecule has 0 saturated heterocycles. The van der Waals surface area contributed by atoms with Crippen molar-refractivity contribution in [2.75, 3.05) is 25.1 Å². The number of aryl methyl sites for hydroxylation is 1. The highest BCUT2D eigenvalue weighted by molar-refractivity contribution is 6.41. The van der Waals surface area contributed by atoms with E-state index in [9.17, 15) is 9.59 Å². The average Bonchev–Trinajstić information content (AvgIpc) is 2.93. The first-order chi connectivity index (χ1) is 14.3. The Kier molecular flexibility index (Phi) is 7.19. The number of hydrogen-bond donors (Lipinski definition) is 1. The highest BCUT2D eigenvalue weighted by atomic mass is 35.5. The van der Waals surface area contributed by atoms with Crippen LogP contribution < -0.4 is 5.32 Å². The van der Waals surface area contributed by atoms with Gasteiger partial charge in [0.1, 0.15) is 5.70 Å². The molecule has 2 aromatic rings. The molecule has 7 heteroatoms. The minimum atomic E-state index is -0.381. The van der Waals surface area contributed by atoms with Crippen molar-refractivity contribution >= 4 is 46.3 Å². The molecule has 1 aliphatic rings. The summed E-state index contributed by atoms with van der Waals surface area (Å²) in [4.78, 5) is 27.7. The van der Waals surface area contributed by atoms with Gasteiger partial charge < -0.3 is 10.1 Å². The van der Waals surface area contributed by atoms with Crippen LogP contribution in [-0.4, -0.2) is 36.5 Å². The zero-order valence-electron chi connectivity index (χ0n) is 17.2. The number of imide groups is 1. The van der Waals surface area contributed by atoms with Gasteiger partial charge in [-0.2, -0.15) is 0 Å². The van der Waals surface area contributed by atoms with Gasteiger partial charge in [0, 0.05) is 36.0 Å². The van der Waals surface area contributed by atoms with Gasteiger partial charge >= 0.3 is 0 Å². The van der Waals surface area contributed by atoms with Crippen LogP contribution in [0.15, 0.2) is 42.1 Å². The van der Waals surface area contributed by atoms with Crippen LogP contribution in [-0.2, 0) is 14.3 Å². The standard InChI is InChI=1S/C23H24Cl2N2O3/c1-4-30-12-6-11-27-22(28)20(17-10-9-16(24)13-18(17)25)21(23(27)29)26-19-8-5-7-14(2)15(19)3/h5,7-10,13,26H,4,6,11-12H2,1-3H3. The number of carbonyl (C=O) groups excluding carboxylic acids is 2. The van der Waals surface area contributed by atoms with E-state index in [4.69, 9.17) is 27.9 Å². The van der Waals surface area contributed by atoms with Gasteiger partial charge in [-0.1, -0.05) is 41.4 Å². The number of amides is 2. The summed E-state index contributed by atoms with van der Waals surface area (Å²) in [7, 11) is 0. The van der Waals surface area contributed by atoms with Crippen LogP contribution >= 0.6 is 23.2 Å². The molecule has 0 aliphatic carbocycles. The second-order valence-corrected chi connectivity index (χ2v) is 7.90. The summed E-state index contributed by atoms with van der Waals surface area (Å²) >= 11 is 12.4. The molecule has 1 aliphatic heterocycles. The van der Waals surface area contributed by atoms with Crippen molar-refractivity contribution in [1.29, 1.82) is 0 Å². The van der Waals surface area contributed by atoms with Crippen molar-refractivity contribution < 1.29 is 14.3 Å². The second-order valence-electron chi connectivity index (χ2n) is 7.06. The van der Waals surface area contributed by atoms with E-state index >= 15 is 0 Å². The number of hydrogen-bond acceptors (Lipinski definition) is 4. The Morgan fingerprint density at radius 1 is 1.07 bits per heavy atom. The van der Waals surface area contributed by atoms with Gasteiger partial charge in [-0.3, -0.25) is 14.5 Å². The van der Waals surface area contributed by atoms with E-state index in [2.05, 4.69) is 5.32 Å². The lowest BCUT2D eigenvalue weighted by Crippen LogP contribution is -2.34. The van der Waals surface area contributed by atoms with Gasteiger partial charge in [-0.25, -0.2) is 0 Å². The number of nitrogens with one attached hydrogen (secondary N) is 1. The van der Waals surface area contributed by atoms with Crippen LogP contribution in [0.2, 0.25) is 10.0 Å². The maximum Gasteiger partial charge on any atom is 0.278 e. The number of benzene rings is 2. The molecule has 158 valence electrons. The van der Waals surface area contributed by atoms with Gasteiger partial charge in [0.05, 0.1) is 10.6 Å². The Balaban J connectivity index is 2.03. The maximum absolute atomic E-state index is 13.2. The number of nitrogens with zero attached hydrogens (tertiary/aromatic N) is 1. The number of anilines is 1. The molecule has 2 aromatic carbocycles. The second kappa shape index (κ2) is 9.65. The molecular weight excluding hydrogens is 423 g/mol. The fraction of sp³-hybridized carbons (Fsp3) is 0.304. The van der Waals surface area contributed by atoms with E-state index in [1.165, 1.54) is 4.90 Å². The molecule has 5 nitrogen and oxygen atoms in total. The zero-order chi connectivity index (χ0) is 21.8. The summed E-state index contributed by atoms with van der Waals surface area (Å²) in [5.41, 5.74) is 3.79. The van der Waals surface area contributed by atoms with Crippen LogP contribution in [0.1, 0.15) is 30.0 Å². The Hall–Kier alpha value is -2.34. The van der Waals surface area contributed by atoms with Gasteiger partial charge in [0.15, 0.2) is 0 Å². The Morgan fingerprint density at radius 3 is 2.53 bits per heavy atom. The third-order valence-electron chi connectivity index (χ3n) is 5.11. The maximum atomic E-state index is 13.2. The quantitative estimate of drug-likeness (QED) is 0.445. The summed E-state index contributed by atoms with van der Waals surface area (Å²) in [5.74, 6) is -0.757. The highest BCUT2D eigenvalue weighted by Gasteiger charge is 2.39. The lowest BCUT2D eigenvalue weighted by molar-refractivity contribution is -0.137. The van der Waals surface area contributed by atoms with Crippen molar-refractivity contribution in [3.8, 4) is 0 Å². The van der Waals surface area contributed by atoms with Crippen LogP contribution in [0.25, 0.3) is 5.57 Å². The topological polar surface area (TPSA) is 58.6 Å². The molecule has 3 rings (SSSR count). The minimum Gasteiger partial charge on any atom is -0.382 e. The summed E-state index contributed by atoms with van der Waals surface area (Å²) in [5, 5.41) is 3.97. The molecule has 0 unspecified atom stereocenters. The Bertz CT molecular complexity index is 1020. The lowest BCUT2D eigenvalue weighted by atomic mass is 10.0. The third-order valence-corrected chi connectivity index (χ3v) is 5.66. The lowest BCUT2D eigenvalue weighted by Gasteiger charge is -2.16. The molecule has 30 heavy (non-hydrogen) atoms. The predicted octanol–water partition coefficient (Wildman–Crippen LogP) is 5.23. The van der Waals surface area contributed by atoms with Crippen LogP contribution in [0, 0.1) is 13.8 Å². The van der Waals surface area contributed by atoms with Crippen molar-refractivity contribution in [3.63, 3.8) is 0 Å². The molecule has 0 aromatic heterocycles. The fourth-order valence-corrected chi connectivity index (χ4v) is 3.83. The van der Waals surface area contributed by atoms with Crippen molar-refractivity contribution in [3.05, 3.63) is 68.8 Å². The van der Waals surface area contributed by atoms with Crippen LogP contribution in [0.3, 0.4) is 0 Å². The molecule has 0 spiro atoms. The first-order valence-electron chi connectivity index (χ1n) is 9.82. The molecular formula is C23H24Cl2N2O3. The summed E-state index contributed by atoms with van der Waals surface area (Å²) in [6, 6.07) is 10.7. The number of rotatable bonds is 8. The summed E-state index contributed by atoms with van der Waals surface area (Å²) in [6.07, 6.45) is 0.559. The van der Waals surface area contributed by atoms with Crippen LogP contribution in [0.5, 0.6) is 0 Å². The minimum absolute atomic E-state index is 0.217. The van der Waals surface area contributed by atoms with Crippen molar-refractivity contribution in [1.82, 2.24) is 4.90 Å². The smallest absolute Gasteiger partial charge is 0.278 e. The summed E-state index contributed by atoms with van der Waals surface area (Å²) < 4.78 is 5.34. The SMILES string of the molecule is CCOCCCN1C(=O)C(Nc2cccc(C)c2C)=C(c2ccc(Cl)cc2Cl)C1=O. The van der Waals surface area contributed by atoms with E-state index in [-0.39, 0.29) is 29.6 Å². The van der Waals surface area contributed by atoms with Gasteiger partial charge in [0.25, 0.3) is 11.8 Å². The zero-order valence-corrected chi connectivity index (χ0v) is 18.7. The molecule has 0 bridgehead atoms. The van der Waals surface area contributed by atoms with E-state index in [0.717, 1.165) is 16.8 Å². The van der Waals surface area contributed by atoms with Crippen LogP contribution in [0.4, 0.5) is 5.69 Å². The monoisotopic (exact) mass is 446 g/mol. The summed E-state index contributed by atoms with van der Waals surface area (Å²) in [6.45, 7) is 7.20. The molecule has 1 heterocycles. The van der Waals surface area contributed by atoms with E-state index < -0.39 is 0 Å². The molecule has 1 N–H and O–H groups in total. The molecule has 2 amide bonds. The predicted molar refractivity (Wildman–Crippen MR) is 121 cm³/mol. The normalized spacial score (nSPS) is 14.1. The van der Waals surface area contributed by atoms with Crippen molar-refractivity contribution in [2.45, 2.75) is 27.2 Å². The van der Waals surface area contributed by atoms with Gasteiger partial charge in [-0.15, -0.1) is 0 Å². The highest BCUT2D eigenvalue weighted by Crippen LogP contribution is 2.36. The number of ether oxygens (including phenoxy) is 1. The van der Waals surface area contributed by atoms with Gasteiger partial charge in [0.2, 0.25) is 0 Å². The Labute approximate surface area is 186 Å². The van der Waals surface area contributed by atoms with E-state index in [1.807, 2.05) is 39.0 Å². The fourth-order valence-electron chi connectivity index (χ4n) is 3.33. The van der Waals surface area contributed by atoms with E-state index in [0.29, 0.717) is 35.2 Å². The third kappa shape index (κ3) is 4.53.